The Hall–Kier alpha value is -2.67. The van der Waals surface area contributed by atoms with Crippen molar-refractivity contribution < 1.29 is 14.0 Å². The first-order chi connectivity index (χ1) is 15.6. The number of aryl methyl sites for hydroxylation is 1. The summed E-state index contributed by atoms with van der Waals surface area (Å²) >= 11 is 0. The van der Waals surface area contributed by atoms with Crippen LogP contribution in [0.2, 0.25) is 0 Å². The Bertz CT molecular complexity index is 905. The first-order valence-electron chi connectivity index (χ1n) is 11.8. The molecule has 2 fully saturated rings. The summed E-state index contributed by atoms with van der Waals surface area (Å²) in [5, 5.41) is 3.08. The van der Waals surface area contributed by atoms with Crippen molar-refractivity contribution in [3.05, 3.63) is 53.7 Å². The molecule has 0 atom stereocenters. The van der Waals surface area contributed by atoms with E-state index in [1.165, 1.54) is 18.4 Å². The van der Waals surface area contributed by atoms with Gasteiger partial charge in [0.15, 0.2) is 6.39 Å². The molecule has 172 valence electrons. The topological polar surface area (TPSA) is 78.7 Å². The number of nitrogens with zero attached hydrogens (tertiary/aromatic N) is 3. The van der Waals surface area contributed by atoms with Gasteiger partial charge in [-0.05, 0) is 31.7 Å². The highest BCUT2D eigenvalue weighted by atomic mass is 16.3. The molecule has 1 saturated heterocycles. The van der Waals surface area contributed by atoms with Crippen LogP contribution < -0.4 is 5.32 Å². The Morgan fingerprint density at radius 2 is 1.88 bits per heavy atom. The Morgan fingerprint density at radius 3 is 2.59 bits per heavy atom. The van der Waals surface area contributed by atoms with Gasteiger partial charge in [0.25, 0.3) is 5.91 Å². The Morgan fingerprint density at radius 1 is 1.09 bits per heavy atom. The summed E-state index contributed by atoms with van der Waals surface area (Å²) in [6, 6.07) is 10.5. The van der Waals surface area contributed by atoms with Gasteiger partial charge >= 0.3 is 0 Å². The molecule has 7 heteroatoms. The number of nitrogens with one attached hydrogen (secondary N) is 1. The van der Waals surface area contributed by atoms with E-state index in [1.807, 2.05) is 6.07 Å². The van der Waals surface area contributed by atoms with Crippen LogP contribution in [0.25, 0.3) is 0 Å². The molecule has 2 heterocycles. The van der Waals surface area contributed by atoms with Crippen LogP contribution in [0.3, 0.4) is 0 Å². The molecular weight excluding hydrogens is 404 g/mol. The van der Waals surface area contributed by atoms with E-state index in [2.05, 4.69) is 39.5 Å². The van der Waals surface area contributed by atoms with E-state index in [9.17, 15) is 9.59 Å². The van der Waals surface area contributed by atoms with Gasteiger partial charge in [-0.15, -0.1) is 0 Å². The molecule has 4 rings (SSSR count). The summed E-state index contributed by atoms with van der Waals surface area (Å²) in [5.74, 6) is 0.210. The van der Waals surface area contributed by atoms with Crippen molar-refractivity contribution in [2.75, 3.05) is 26.2 Å². The lowest BCUT2D eigenvalue weighted by Gasteiger charge is -2.46. The largest absolute Gasteiger partial charge is 0.438 e. The molecule has 1 aliphatic carbocycles. The highest BCUT2D eigenvalue weighted by Crippen LogP contribution is 2.38. The second-order valence-electron chi connectivity index (χ2n) is 9.13. The minimum Gasteiger partial charge on any atom is -0.438 e. The molecule has 32 heavy (non-hydrogen) atoms. The van der Waals surface area contributed by atoms with Gasteiger partial charge in [0, 0.05) is 44.7 Å². The van der Waals surface area contributed by atoms with Crippen molar-refractivity contribution in [1.82, 2.24) is 20.1 Å². The lowest BCUT2D eigenvalue weighted by atomic mass is 9.77. The number of hydrogen-bond acceptors (Lipinski definition) is 5. The third kappa shape index (κ3) is 5.21. The summed E-state index contributed by atoms with van der Waals surface area (Å²) in [7, 11) is 0. The van der Waals surface area contributed by atoms with Crippen LogP contribution in [0.15, 0.2) is 41.1 Å². The molecule has 0 unspecified atom stereocenters. The van der Waals surface area contributed by atoms with Gasteiger partial charge in [0.05, 0.1) is 5.69 Å². The van der Waals surface area contributed by atoms with Crippen LogP contribution in [0, 0.1) is 6.92 Å². The van der Waals surface area contributed by atoms with Gasteiger partial charge in [0.1, 0.15) is 0 Å². The summed E-state index contributed by atoms with van der Waals surface area (Å²) in [4.78, 5) is 34.4. The molecule has 2 aliphatic rings. The molecule has 0 bridgehead atoms. The molecule has 1 saturated carbocycles. The van der Waals surface area contributed by atoms with Crippen molar-refractivity contribution in [3.8, 4) is 0 Å². The molecule has 1 aliphatic heterocycles. The quantitative estimate of drug-likeness (QED) is 0.793. The lowest BCUT2D eigenvalue weighted by molar-refractivity contribution is -0.125. The van der Waals surface area contributed by atoms with E-state index in [0.717, 1.165) is 45.2 Å². The molecule has 1 N–H and O–H groups in total. The SMILES string of the molecule is Cc1ncoc1C(=O)N1CCCN(Cc2ccccc2)C2(CCCCC2)CC(=O)NCC1. The van der Waals surface area contributed by atoms with Crippen molar-refractivity contribution in [2.24, 2.45) is 0 Å². The maximum Gasteiger partial charge on any atom is 0.291 e. The van der Waals surface area contributed by atoms with Gasteiger partial charge in [-0.1, -0.05) is 49.6 Å². The molecule has 1 aromatic carbocycles. The van der Waals surface area contributed by atoms with Gasteiger partial charge in [-0.3, -0.25) is 14.5 Å². The fraction of sp³-hybridized carbons (Fsp3) is 0.560. The normalized spacial score (nSPS) is 20.5. The average molecular weight is 439 g/mol. The lowest BCUT2D eigenvalue weighted by Crippen LogP contribution is -2.52. The molecule has 1 spiro atoms. The number of benzene rings is 1. The molecule has 1 aromatic heterocycles. The van der Waals surface area contributed by atoms with E-state index < -0.39 is 0 Å². The number of oxazole rings is 1. The smallest absolute Gasteiger partial charge is 0.291 e. The van der Waals surface area contributed by atoms with Gasteiger partial charge in [-0.25, -0.2) is 4.98 Å². The van der Waals surface area contributed by atoms with E-state index in [-0.39, 0.29) is 23.1 Å². The molecular formula is C25H34N4O3. The van der Waals surface area contributed by atoms with Gasteiger partial charge in [0.2, 0.25) is 11.7 Å². The van der Waals surface area contributed by atoms with Crippen molar-refractivity contribution in [1.29, 1.82) is 0 Å². The van der Waals surface area contributed by atoms with Gasteiger partial charge in [-0.2, -0.15) is 0 Å². The van der Waals surface area contributed by atoms with Crippen LogP contribution in [-0.2, 0) is 11.3 Å². The van der Waals surface area contributed by atoms with Crippen LogP contribution in [0.5, 0.6) is 0 Å². The van der Waals surface area contributed by atoms with Crippen LogP contribution >= 0.6 is 0 Å². The third-order valence-corrected chi connectivity index (χ3v) is 6.95. The summed E-state index contributed by atoms with van der Waals surface area (Å²) in [5.41, 5.74) is 1.75. The first kappa shape index (κ1) is 22.5. The van der Waals surface area contributed by atoms with Crippen molar-refractivity contribution in [3.63, 3.8) is 0 Å². The second-order valence-corrected chi connectivity index (χ2v) is 9.13. The van der Waals surface area contributed by atoms with Crippen molar-refractivity contribution in [2.45, 2.75) is 64.0 Å². The van der Waals surface area contributed by atoms with E-state index in [4.69, 9.17) is 4.42 Å². The van der Waals surface area contributed by atoms with Crippen LogP contribution in [-0.4, -0.2) is 58.3 Å². The molecule has 2 amide bonds. The summed E-state index contributed by atoms with van der Waals surface area (Å²) in [6.07, 6.45) is 8.34. The predicted molar refractivity (Wildman–Crippen MR) is 122 cm³/mol. The zero-order valence-electron chi connectivity index (χ0n) is 19.0. The van der Waals surface area contributed by atoms with Gasteiger partial charge < -0.3 is 14.6 Å². The summed E-state index contributed by atoms with van der Waals surface area (Å²) < 4.78 is 5.34. The molecule has 2 aromatic rings. The maximum atomic E-state index is 13.0. The Kier molecular flexibility index (Phi) is 7.25. The number of aromatic nitrogens is 1. The standard InChI is InChI=1S/C25H34N4O3/c1-20-23(32-19-27-20)24(31)28-14-8-15-29(18-21-9-4-2-5-10-21)25(11-6-3-7-12-25)17-22(30)26-13-16-28/h2,4-5,9-10,19H,3,6-8,11-18H2,1H3,(H,26,30). The van der Waals surface area contributed by atoms with E-state index in [1.54, 1.807) is 11.8 Å². The van der Waals surface area contributed by atoms with Crippen LogP contribution in [0.4, 0.5) is 0 Å². The number of hydrogen-bond donors (Lipinski definition) is 1. The number of amides is 2. The molecule has 0 radical (unpaired) electrons. The third-order valence-electron chi connectivity index (χ3n) is 6.95. The molecule has 7 nitrogen and oxygen atoms in total. The van der Waals surface area contributed by atoms with E-state index in [0.29, 0.717) is 31.7 Å². The summed E-state index contributed by atoms with van der Waals surface area (Å²) in [6.45, 7) is 4.99. The zero-order chi connectivity index (χ0) is 22.4. The monoisotopic (exact) mass is 438 g/mol. The first-order valence-corrected chi connectivity index (χ1v) is 11.8. The highest BCUT2D eigenvalue weighted by Gasteiger charge is 2.40. The maximum absolute atomic E-state index is 13.0. The minimum atomic E-state index is -0.157. The predicted octanol–water partition coefficient (Wildman–Crippen LogP) is 3.54. The number of carbonyl (C=O) groups is 2. The second kappa shape index (κ2) is 10.3. The highest BCUT2D eigenvalue weighted by molar-refractivity contribution is 5.92. The van der Waals surface area contributed by atoms with E-state index >= 15 is 0 Å². The Labute approximate surface area is 190 Å². The Balaban J connectivity index is 1.56. The number of rotatable bonds is 3. The average Bonchev–Trinajstić information content (AvgIpc) is 3.22. The fourth-order valence-corrected chi connectivity index (χ4v) is 5.21. The van der Waals surface area contributed by atoms with Crippen molar-refractivity contribution >= 4 is 11.8 Å². The zero-order valence-corrected chi connectivity index (χ0v) is 19.0. The fourth-order valence-electron chi connectivity index (χ4n) is 5.21. The van der Waals surface area contributed by atoms with Crippen LogP contribution in [0.1, 0.15) is 66.8 Å². The number of carbonyl (C=O) groups excluding carboxylic acids is 2. The minimum absolute atomic E-state index is 0.0788.